The maximum absolute atomic E-state index is 4.74. The Kier molecular flexibility index (Phi) is 3.08. The first kappa shape index (κ1) is 13.3. The summed E-state index contributed by atoms with van der Waals surface area (Å²) in [4.78, 5) is 9.35. The van der Waals surface area contributed by atoms with E-state index in [9.17, 15) is 0 Å². The Balaban J connectivity index is 2.23. The molecule has 2 heterocycles. The molecule has 0 fully saturated rings. The average molecular weight is 351 g/mol. The lowest BCUT2D eigenvalue weighted by Crippen LogP contribution is -1.85. The normalized spacial score (nSPS) is 11.2. The van der Waals surface area contributed by atoms with Crippen LogP contribution in [-0.4, -0.2) is 20.2 Å². The van der Waals surface area contributed by atoms with Gasteiger partial charge in [-0.15, -0.1) is 5.10 Å². The molecule has 0 saturated carbocycles. The third-order valence-corrected chi connectivity index (χ3v) is 4.18. The molecule has 0 atom stereocenters. The zero-order chi connectivity index (χ0) is 15.1. The van der Waals surface area contributed by atoms with Crippen molar-refractivity contribution in [2.75, 3.05) is 0 Å². The summed E-state index contributed by atoms with van der Waals surface area (Å²) in [6, 6.07) is 12.2. The highest BCUT2D eigenvalue weighted by Crippen LogP contribution is 2.33. The van der Waals surface area contributed by atoms with Crippen molar-refractivity contribution in [3.05, 3.63) is 59.0 Å². The van der Waals surface area contributed by atoms with Crippen molar-refractivity contribution in [3.63, 3.8) is 0 Å². The molecular weight excluding hydrogens is 340 g/mol. The van der Waals surface area contributed by atoms with Gasteiger partial charge in [0.25, 0.3) is 0 Å². The van der Waals surface area contributed by atoms with Crippen molar-refractivity contribution in [2.45, 2.75) is 6.92 Å². The van der Waals surface area contributed by atoms with Crippen LogP contribution in [0.4, 0.5) is 0 Å². The number of rotatable bonds is 1. The van der Waals surface area contributed by atoms with Gasteiger partial charge in [0.15, 0.2) is 0 Å². The molecule has 0 saturated heterocycles. The van der Waals surface area contributed by atoms with E-state index in [-0.39, 0.29) is 0 Å². The van der Waals surface area contributed by atoms with Gasteiger partial charge in [-0.1, -0.05) is 30.3 Å². The van der Waals surface area contributed by atoms with Crippen LogP contribution >= 0.6 is 15.9 Å². The topological polar surface area (TPSA) is 51.6 Å². The minimum absolute atomic E-state index is 0.822. The van der Waals surface area contributed by atoms with Gasteiger partial charge in [0.05, 0.1) is 23.1 Å². The van der Waals surface area contributed by atoms with E-state index in [0.717, 1.165) is 43.2 Å². The molecular formula is C17H11BrN4. The van der Waals surface area contributed by atoms with Gasteiger partial charge in [0.1, 0.15) is 5.52 Å². The highest BCUT2D eigenvalue weighted by Gasteiger charge is 2.13. The van der Waals surface area contributed by atoms with Crippen LogP contribution in [0.3, 0.4) is 0 Å². The molecule has 2 aromatic heterocycles. The lowest BCUT2D eigenvalue weighted by molar-refractivity contribution is 1.12. The number of nitrogens with zero attached hydrogens (tertiary/aromatic N) is 4. The Bertz CT molecular complexity index is 999. The first-order valence-corrected chi connectivity index (χ1v) is 7.66. The van der Waals surface area contributed by atoms with Gasteiger partial charge in [-0.25, -0.2) is 0 Å². The monoisotopic (exact) mass is 350 g/mol. The maximum Gasteiger partial charge on any atom is 0.111 e. The number of fused-ring (bicyclic) bond motifs is 3. The van der Waals surface area contributed by atoms with Crippen molar-refractivity contribution < 1.29 is 0 Å². The van der Waals surface area contributed by atoms with E-state index in [1.54, 1.807) is 12.4 Å². The van der Waals surface area contributed by atoms with Crippen molar-refractivity contribution in [2.24, 2.45) is 0 Å². The van der Waals surface area contributed by atoms with Crippen LogP contribution in [0, 0.1) is 6.92 Å². The standard InChI is InChI=1S/C17H11BrN4/c1-10-8-19-16-12(7-14(18)17-13(16)9-20-22-17)15(21-10)11-5-3-2-4-6-11/h2-9H,1H3. The molecule has 0 bridgehead atoms. The summed E-state index contributed by atoms with van der Waals surface area (Å²) in [7, 11) is 0. The fourth-order valence-corrected chi connectivity index (χ4v) is 3.10. The molecule has 4 nitrogen and oxygen atoms in total. The Morgan fingerprint density at radius 3 is 2.59 bits per heavy atom. The van der Waals surface area contributed by atoms with Gasteiger partial charge in [0.2, 0.25) is 0 Å². The second-order valence-electron chi connectivity index (χ2n) is 5.09. The number of aromatic nitrogens is 4. The fourth-order valence-electron chi connectivity index (χ4n) is 2.58. The van der Waals surface area contributed by atoms with Crippen LogP contribution < -0.4 is 0 Å². The van der Waals surface area contributed by atoms with Crippen LogP contribution in [0.15, 0.2) is 53.3 Å². The highest BCUT2D eigenvalue weighted by molar-refractivity contribution is 9.10. The summed E-state index contributed by atoms with van der Waals surface area (Å²) in [6.07, 6.45) is 3.54. The van der Waals surface area contributed by atoms with Gasteiger partial charge in [-0.3, -0.25) is 9.97 Å². The number of halogens is 1. The summed E-state index contributed by atoms with van der Waals surface area (Å²) < 4.78 is 0.900. The summed E-state index contributed by atoms with van der Waals surface area (Å²) in [5.74, 6) is 0. The number of aryl methyl sites for hydroxylation is 1. The fraction of sp³-hybridized carbons (Fsp3) is 0.0588. The minimum Gasteiger partial charge on any atom is -0.254 e. The van der Waals surface area contributed by atoms with Gasteiger partial charge in [-0.2, -0.15) is 5.10 Å². The van der Waals surface area contributed by atoms with Gasteiger partial charge < -0.3 is 0 Å². The molecule has 4 rings (SSSR count). The predicted octanol–water partition coefficient (Wildman–Crippen LogP) is 4.31. The Labute approximate surface area is 135 Å². The first-order valence-electron chi connectivity index (χ1n) is 6.87. The predicted molar refractivity (Wildman–Crippen MR) is 90.5 cm³/mol. The minimum atomic E-state index is 0.822. The Morgan fingerprint density at radius 1 is 0.955 bits per heavy atom. The second-order valence-corrected chi connectivity index (χ2v) is 5.94. The highest BCUT2D eigenvalue weighted by atomic mass is 79.9. The van der Waals surface area contributed by atoms with E-state index < -0.39 is 0 Å². The molecule has 106 valence electrons. The summed E-state index contributed by atoms with van der Waals surface area (Å²) >= 11 is 3.58. The van der Waals surface area contributed by atoms with Crippen LogP contribution in [0.2, 0.25) is 0 Å². The van der Waals surface area contributed by atoms with Crippen LogP contribution in [0.5, 0.6) is 0 Å². The maximum atomic E-state index is 4.74. The SMILES string of the molecule is Cc1cnc2c(cc(Br)c3nncc32)c(-c2ccccc2)n1. The molecule has 2 aromatic carbocycles. The third kappa shape index (κ3) is 2.05. The summed E-state index contributed by atoms with van der Waals surface area (Å²) in [5, 5.41) is 10.1. The molecule has 5 heteroatoms. The van der Waals surface area contributed by atoms with E-state index >= 15 is 0 Å². The van der Waals surface area contributed by atoms with Gasteiger partial charge in [-0.05, 0) is 28.9 Å². The number of hydrogen-bond acceptors (Lipinski definition) is 4. The lowest BCUT2D eigenvalue weighted by Gasteiger charge is -2.03. The van der Waals surface area contributed by atoms with Crippen molar-refractivity contribution in [1.29, 1.82) is 0 Å². The molecule has 4 aromatic rings. The second kappa shape index (κ2) is 5.10. The zero-order valence-corrected chi connectivity index (χ0v) is 13.4. The molecule has 0 aliphatic heterocycles. The molecule has 0 amide bonds. The lowest BCUT2D eigenvalue weighted by atomic mass is 10.1. The quantitative estimate of drug-likeness (QED) is 0.513. The molecule has 22 heavy (non-hydrogen) atoms. The van der Waals surface area contributed by atoms with E-state index in [4.69, 9.17) is 4.98 Å². The van der Waals surface area contributed by atoms with E-state index in [0.29, 0.717) is 0 Å². The molecule has 0 unspecified atom stereocenters. The van der Waals surface area contributed by atoms with Gasteiger partial charge in [0, 0.05) is 27.0 Å². The molecule has 0 aliphatic carbocycles. The molecule has 0 radical (unpaired) electrons. The smallest absolute Gasteiger partial charge is 0.111 e. The van der Waals surface area contributed by atoms with Crippen LogP contribution in [-0.2, 0) is 0 Å². The third-order valence-electron chi connectivity index (χ3n) is 3.58. The largest absolute Gasteiger partial charge is 0.254 e. The Hall–Kier alpha value is -2.40. The number of benzene rings is 2. The zero-order valence-electron chi connectivity index (χ0n) is 11.8. The van der Waals surface area contributed by atoms with E-state index in [2.05, 4.69) is 43.2 Å². The van der Waals surface area contributed by atoms with Crippen molar-refractivity contribution >= 4 is 37.7 Å². The van der Waals surface area contributed by atoms with Crippen LogP contribution in [0.1, 0.15) is 5.69 Å². The average Bonchev–Trinajstić information content (AvgIpc) is 2.97. The molecule has 0 N–H and O–H groups in total. The van der Waals surface area contributed by atoms with Crippen molar-refractivity contribution in [1.82, 2.24) is 20.2 Å². The summed E-state index contributed by atoms with van der Waals surface area (Å²) in [5.41, 5.74) is 4.53. The Morgan fingerprint density at radius 2 is 1.77 bits per heavy atom. The summed E-state index contributed by atoms with van der Waals surface area (Å²) in [6.45, 7) is 1.95. The van der Waals surface area contributed by atoms with Crippen molar-refractivity contribution in [3.8, 4) is 11.3 Å². The van der Waals surface area contributed by atoms with E-state index in [1.165, 1.54) is 0 Å². The van der Waals surface area contributed by atoms with Gasteiger partial charge >= 0.3 is 0 Å². The molecule has 0 spiro atoms. The van der Waals surface area contributed by atoms with E-state index in [1.807, 2.05) is 31.2 Å². The van der Waals surface area contributed by atoms with Crippen LogP contribution in [0.25, 0.3) is 33.1 Å². The molecule has 0 aliphatic rings. The number of hydrogen-bond donors (Lipinski definition) is 0. The first-order chi connectivity index (χ1) is 10.7.